The fourth-order valence-corrected chi connectivity index (χ4v) is 2.83. The lowest BCUT2D eigenvalue weighted by atomic mass is 10.2. The normalized spacial score (nSPS) is 11.8. The summed E-state index contributed by atoms with van der Waals surface area (Å²) in [6, 6.07) is 7.43. The van der Waals surface area contributed by atoms with E-state index in [1.807, 2.05) is 37.4 Å². The molecule has 1 aromatic carbocycles. The smallest absolute Gasteiger partial charge is 0.328 e. The summed E-state index contributed by atoms with van der Waals surface area (Å²) in [4.78, 5) is 24.6. The number of esters is 1. The molecule has 1 N–H and O–H groups in total. The number of hydrogen-bond acceptors (Lipinski definition) is 5. The molecule has 0 bridgehead atoms. The van der Waals surface area contributed by atoms with Crippen molar-refractivity contribution in [3.63, 3.8) is 0 Å². The Balaban J connectivity index is 2.45. The number of nitrogens with one attached hydrogen (secondary N) is 1. The number of amides is 1. The van der Waals surface area contributed by atoms with E-state index in [-0.39, 0.29) is 11.7 Å². The van der Waals surface area contributed by atoms with Gasteiger partial charge in [-0.3, -0.25) is 4.79 Å². The first-order chi connectivity index (χ1) is 10.1. The van der Waals surface area contributed by atoms with Gasteiger partial charge in [0.25, 0.3) is 0 Å². The van der Waals surface area contributed by atoms with Crippen molar-refractivity contribution < 1.29 is 14.3 Å². The molecule has 0 heterocycles. The van der Waals surface area contributed by atoms with Gasteiger partial charge in [0.1, 0.15) is 6.04 Å². The Labute approximate surface area is 134 Å². The Morgan fingerprint density at radius 2 is 1.95 bits per heavy atom. The van der Waals surface area contributed by atoms with E-state index < -0.39 is 12.0 Å². The van der Waals surface area contributed by atoms with Crippen LogP contribution < -0.4 is 5.32 Å². The number of rotatable bonds is 8. The number of methoxy groups -OCH3 is 1. The third kappa shape index (κ3) is 6.91. The van der Waals surface area contributed by atoms with Gasteiger partial charge < -0.3 is 10.1 Å². The molecule has 1 amide bonds. The molecule has 0 aliphatic carbocycles. The maximum atomic E-state index is 11.9. The van der Waals surface area contributed by atoms with E-state index in [9.17, 15) is 9.59 Å². The van der Waals surface area contributed by atoms with Crippen LogP contribution in [-0.2, 0) is 14.3 Å². The highest BCUT2D eigenvalue weighted by Crippen LogP contribution is 2.18. The third-order valence-electron chi connectivity index (χ3n) is 2.82. The van der Waals surface area contributed by atoms with Gasteiger partial charge in [0.2, 0.25) is 5.91 Å². The third-order valence-corrected chi connectivity index (χ3v) is 4.48. The Bertz CT molecular complexity index is 462. The summed E-state index contributed by atoms with van der Waals surface area (Å²) in [7, 11) is 1.33. The van der Waals surface area contributed by atoms with Crippen molar-refractivity contribution >= 4 is 35.4 Å². The number of hydrogen-bond donors (Lipinski definition) is 1. The van der Waals surface area contributed by atoms with E-state index in [4.69, 9.17) is 4.74 Å². The van der Waals surface area contributed by atoms with Crippen LogP contribution in [0.1, 0.15) is 12.0 Å². The summed E-state index contributed by atoms with van der Waals surface area (Å²) in [5.41, 5.74) is 1.19. The zero-order valence-corrected chi connectivity index (χ0v) is 14.2. The lowest BCUT2D eigenvalue weighted by molar-refractivity contribution is -0.144. The van der Waals surface area contributed by atoms with Crippen molar-refractivity contribution in [2.24, 2.45) is 0 Å². The molecule has 4 nitrogen and oxygen atoms in total. The van der Waals surface area contributed by atoms with Crippen molar-refractivity contribution in [3.8, 4) is 0 Å². The quantitative estimate of drug-likeness (QED) is 0.587. The summed E-state index contributed by atoms with van der Waals surface area (Å²) in [5, 5.41) is 2.74. The number of aryl methyl sites for hydroxylation is 1. The first kappa shape index (κ1) is 17.9. The van der Waals surface area contributed by atoms with Crippen LogP contribution >= 0.6 is 23.5 Å². The van der Waals surface area contributed by atoms with Gasteiger partial charge in [-0.2, -0.15) is 11.8 Å². The largest absolute Gasteiger partial charge is 0.467 e. The molecule has 0 radical (unpaired) electrons. The van der Waals surface area contributed by atoms with Gasteiger partial charge in [-0.25, -0.2) is 4.79 Å². The molecule has 116 valence electrons. The van der Waals surface area contributed by atoms with E-state index in [0.29, 0.717) is 6.42 Å². The van der Waals surface area contributed by atoms with Gasteiger partial charge in [-0.1, -0.05) is 17.7 Å². The summed E-state index contributed by atoms with van der Waals surface area (Å²) in [5.74, 6) is 0.538. The maximum Gasteiger partial charge on any atom is 0.328 e. The van der Waals surface area contributed by atoms with E-state index in [0.717, 1.165) is 10.6 Å². The molecular weight excluding hydrogens is 306 g/mol. The summed E-state index contributed by atoms with van der Waals surface area (Å²) in [6.07, 6.45) is 2.54. The molecule has 0 aromatic heterocycles. The summed E-state index contributed by atoms with van der Waals surface area (Å²) >= 11 is 3.09. The van der Waals surface area contributed by atoms with Crippen molar-refractivity contribution in [3.05, 3.63) is 29.8 Å². The molecule has 1 aromatic rings. The van der Waals surface area contributed by atoms with Crippen LogP contribution in [0, 0.1) is 6.92 Å². The Kier molecular flexibility index (Phi) is 8.30. The van der Waals surface area contributed by atoms with Gasteiger partial charge in [-0.05, 0) is 37.5 Å². The van der Waals surface area contributed by atoms with Gasteiger partial charge >= 0.3 is 5.97 Å². The minimum absolute atomic E-state index is 0.155. The highest BCUT2D eigenvalue weighted by Gasteiger charge is 2.20. The van der Waals surface area contributed by atoms with E-state index in [1.54, 1.807) is 11.8 Å². The molecule has 1 atom stereocenters. The first-order valence-corrected chi connectivity index (χ1v) is 9.00. The Morgan fingerprint density at radius 3 is 2.52 bits per heavy atom. The summed E-state index contributed by atoms with van der Waals surface area (Å²) < 4.78 is 4.72. The van der Waals surface area contributed by atoms with Crippen LogP contribution in [0.4, 0.5) is 0 Å². The van der Waals surface area contributed by atoms with Crippen LogP contribution in [0.3, 0.4) is 0 Å². The molecule has 0 aliphatic heterocycles. The number of ether oxygens (including phenoxy) is 1. The lowest BCUT2D eigenvalue weighted by Gasteiger charge is -2.15. The standard InChI is InChI=1S/C15H21NO3S2/c1-11-4-6-12(7-5-11)21-10-14(17)16-13(8-9-20-3)15(18)19-2/h4-7,13H,8-10H2,1-3H3,(H,16,17)/t13-/m0/s1. The van der Waals surface area contributed by atoms with Crippen molar-refractivity contribution in [1.29, 1.82) is 0 Å². The number of benzene rings is 1. The Hall–Kier alpha value is -1.14. The van der Waals surface area contributed by atoms with E-state index in [2.05, 4.69) is 5.32 Å². The topological polar surface area (TPSA) is 55.4 Å². The first-order valence-electron chi connectivity index (χ1n) is 6.62. The summed E-state index contributed by atoms with van der Waals surface area (Å²) in [6.45, 7) is 2.02. The number of carbonyl (C=O) groups excluding carboxylic acids is 2. The van der Waals surface area contributed by atoms with Crippen LogP contribution in [0.5, 0.6) is 0 Å². The van der Waals surface area contributed by atoms with Crippen LogP contribution in [-0.4, -0.2) is 42.8 Å². The van der Waals surface area contributed by atoms with Crippen molar-refractivity contribution in [2.75, 3.05) is 24.9 Å². The number of thioether (sulfide) groups is 2. The highest BCUT2D eigenvalue weighted by molar-refractivity contribution is 8.00. The SMILES string of the molecule is COC(=O)[C@H](CCSC)NC(=O)CSc1ccc(C)cc1. The molecule has 0 saturated carbocycles. The average molecular weight is 327 g/mol. The second kappa shape index (κ2) is 9.73. The molecule has 1 rings (SSSR count). The predicted octanol–water partition coefficient (Wildman–Crippen LogP) is 2.50. The molecule has 0 aliphatic rings. The van der Waals surface area contributed by atoms with Crippen LogP contribution in [0.2, 0.25) is 0 Å². The lowest BCUT2D eigenvalue weighted by Crippen LogP contribution is -2.42. The van der Waals surface area contributed by atoms with Gasteiger partial charge in [-0.15, -0.1) is 11.8 Å². The van der Waals surface area contributed by atoms with Crippen LogP contribution in [0.15, 0.2) is 29.2 Å². The second-order valence-corrected chi connectivity index (χ2v) is 6.56. The van der Waals surface area contributed by atoms with E-state index >= 15 is 0 Å². The van der Waals surface area contributed by atoms with Gasteiger partial charge in [0, 0.05) is 4.90 Å². The zero-order valence-electron chi connectivity index (χ0n) is 12.5. The molecule has 0 spiro atoms. The second-order valence-electron chi connectivity index (χ2n) is 4.53. The molecule has 0 saturated heterocycles. The zero-order chi connectivity index (χ0) is 15.7. The van der Waals surface area contributed by atoms with Gasteiger partial charge in [0.15, 0.2) is 0 Å². The van der Waals surface area contributed by atoms with Gasteiger partial charge in [0.05, 0.1) is 12.9 Å². The number of carbonyl (C=O) groups is 2. The maximum absolute atomic E-state index is 11.9. The Morgan fingerprint density at radius 1 is 1.29 bits per heavy atom. The van der Waals surface area contributed by atoms with Crippen LogP contribution in [0.25, 0.3) is 0 Å². The molecule has 21 heavy (non-hydrogen) atoms. The minimum Gasteiger partial charge on any atom is -0.467 e. The molecular formula is C15H21NO3S2. The monoisotopic (exact) mass is 327 g/mol. The average Bonchev–Trinajstić information content (AvgIpc) is 2.50. The molecule has 6 heteroatoms. The molecule has 0 unspecified atom stereocenters. The van der Waals surface area contributed by atoms with Crippen molar-refractivity contribution in [2.45, 2.75) is 24.3 Å². The van der Waals surface area contributed by atoms with Crippen molar-refractivity contribution in [1.82, 2.24) is 5.32 Å². The fourth-order valence-electron chi connectivity index (χ4n) is 1.65. The van der Waals surface area contributed by atoms with E-state index in [1.165, 1.54) is 24.4 Å². The minimum atomic E-state index is -0.562. The fraction of sp³-hybridized carbons (Fsp3) is 0.467. The predicted molar refractivity (Wildman–Crippen MR) is 88.8 cm³/mol. The molecule has 0 fully saturated rings. The highest BCUT2D eigenvalue weighted by atomic mass is 32.2.